The van der Waals surface area contributed by atoms with Crippen LogP contribution < -0.4 is 5.32 Å². The maximum Gasteiger partial charge on any atom is 0.148 e. The highest BCUT2D eigenvalue weighted by Crippen LogP contribution is 2.16. The molecule has 1 aromatic rings. The van der Waals surface area contributed by atoms with Gasteiger partial charge in [-0.1, -0.05) is 13.3 Å². The average molecular weight is 195 g/mol. The first-order chi connectivity index (χ1) is 6.81. The maximum atomic E-state index is 5.26. The van der Waals surface area contributed by atoms with Gasteiger partial charge in [-0.05, 0) is 12.5 Å². The Morgan fingerprint density at radius 2 is 2.50 bits per heavy atom. The minimum Gasteiger partial charge on any atom is -0.495 e. The molecule has 0 bridgehead atoms. The van der Waals surface area contributed by atoms with Crippen molar-refractivity contribution in [3.8, 4) is 0 Å². The molecule has 0 amide bonds. The van der Waals surface area contributed by atoms with Crippen LogP contribution in [0.4, 0.5) is 5.82 Å². The van der Waals surface area contributed by atoms with Crippen molar-refractivity contribution in [1.29, 1.82) is 0 Å². The highest BCUT2D eigenvalue weighted by Gasteiger charge is 2.04. The van der Waals surface area contributed by atoms with Gasteiger partial charge < -0.3 is 10.1 Å². The normalized spacial score (nSPS) is 11.5. The molecular formula is C10H17N3O. The second-order valence-corrected chi connectivity index (χ2v) is 2.98. The molecule has 0 aliphatic rings. The summed E-state index contributed by atoms with van der Waals surface area (Å²) in [5.41, 5.74) is 0.908. The van der Waals surface area contributed by atoms with Crippen molar-refractivity contribution in [3.63, 3.8) is 0 Å². The van der Waals surface area contributed by atoms with E-state index < -0.39 is 0 Å². The topological polar surface area (TPSA) is 49.9 Å². The van der Waals surface area contributed by atoms with Crippen LogP contribution in [0.15, 0.2) is 12.1 Å². The second-order valence-electron chi connectivity index (χ2n) is 2.98. The molecule has 0 aliphatic carbocycles. The summed E-state index contributed by atoms with van der Waals surface area (Å²) in [6.45, 7) is 2.13. The first-order valence-electron chi connectivity index (χ1n) is 4.79. The Balaban J connectivity index is 2.78. The third-order valence-corrected chi connectivity index (χ3v) is 1.94. The van der Waals surface area contributed by atoms with Crippen molar-refractivity contribution in [2.45, 2.75) is 19.8 Å². The van der Waals surface area contributed by atoms with Gasteiger partial charge in [0.25, 0.3) is 0 Å². The van der Waals surface area contributed by atoms with Gasteiger partial charge in [0.2, 0.25) is 0 Å². The molecule has 0 atom stereocenters. The number of aromatic nitrogens is 2. The predicted octanol–water partition coefficient (Wildman–Crippen LogP) is 2.24. The van der Waals surface area contributed by atoms with Gasteiger partial charge in [0, 0.05) is 13.1 Å². The molecule has 0 aliphatic heterocycles. The third kappa shape index (κ3) is 2.52. The first-order valence-corrected chi connectivity index (χ1v) is 4.79. The summed E-state index contributed by atoms with van der Waals surface area (Å²) in [6, 6.07) is 1.92. The van der Waals surface area contributed by atoms with Gasteiger partial charge in [-0.3, -0.25) is 5.10 Å². The lowest BCUT2D eigenvalue weighted by molar-refractivity contribution is 0.366. The molecule has 0 saturated heterocycles. The molecule has 0 radical (unpaired) electrons. The zero-order chi connectivity index (χ0) is 10.4. The maximum absolute atomic E-state index is 5.26. The van der Waals surface area contributed by atoms with Gasteiger partial charge in [0.05, 0.1) is 7.11 Å². The van der Waals surface area contributed by atoms with E-state index in [1.165, 1.54) is 0 Å². The minimum absolute atomic E-state index is 0.819. The van der Waals surface area contributed by atoms with Crippen LogP contribution in [0.1, 0.15) is 25.5 Å². The molecule has 14 heavy (non-hydrogen) atoms. The molecule has 1 aromatic heterocycles. The SMILES string of the molecule is CCC/C=C(\OC)c1cc(NC)n[nH]1. The number of rotatable bonds is 5. The number of aromatic amines is 1. The third-order valence-electron chi connectivity index (χ3n) is 1.94. The summed E-state index contributed by atoms with van der Waals surface area (Å²) in [4.78, 5) is 0. The fraction of sp³-hybridized carbons (Fsp3) is 0.500. The Labute approximate surface area is 84.4 Å². The lowest BCUT2D eigenvalue weighted by Crippen LogP contribution is -1.87. The molecule has 0 fully saturated rings. The second kappa shape index (κ2) is 5.32. The molecule has 4 nitrogen and oxygen atoms in total. The van der Waals surface area contributed by atoms with E-state index in [4.69, 9.17) is 4.74 Å². The molecule has 0 unspecified atom stereocenters. The largest absolute Gasteiger partial charge is 0.495 e. The highest BCUT2D eigenvalue weighted by molar-refractivity contribution is 5.59. The van der Waals surface area contributed by atoms with Crippen LogP contribution in [0.5, 0.6) is 0 Å². The van der Waals surface area contributed by atoms with Gasteiger partial charge in [-0.2, -0.15) is 5.10 Å². The fourth-order valence-corrected chi connectivity index (χ4v) is 1.15. The van der Waals surface area contributed by atoms with Gasteiger partial charge in [-0.15, -0.1) is 0 Å². The standard InChI is InChI=1S/C10H17N3O/c1-4-5-6-9(14-3)8-7-10(11-2)13-12-8/h6-7H,4-5H2,1-3H3,(H2,11,12,13)/b9-6-. The molecule has 1 rings (SSSR count). The summed E-state index contributed by atoms with van der Waals surface area (Å²) >= 11 is 0. The summed E-state index contributed by atoms with van der Waals surface area (Å²) < 4.78 is 5.26. The smallest absolute Gasteiger partial charge is 0.148 e. The van der Waals surface area contributed by atoms with Gasteiger partial charge in [-0.25, -0.2) is 0 Å². The van der Waals surface area contributed by atoms with Gasteiger partial charge in [0.15, 0.2) is 0 Å². The number of ether oxygens (including phenoxy) is 1. The van der Waals surface area contributed by atoms with Crippen LogP contribution >= 0.6 is 0 Å². The van der Waals surface area contributed by atoms with Crippen molar-refractivity contribution in [2.24, 2.45) is 0 Å². The minimum atomic E-state index is 0.819. The molecule has 2 N–H and O–H groups in total. The Morgan fingerprint density at radius 1 is 1.71 bits per heavy atom. The van der Waals surface area contributed by atoms with Crippen LogP contribution in [0.3, 0.4) is 0 Å². The zero-order valence-electron chi connectivity index (χ0n) is 8.92. The predicted molar refractivity (Wildman–Crippen MR) is 58.0 cm³/mol. The Morgan fingerprint density at radius 3 is 3.00 bits per heavy atom. The molecule has 4 heteroatoms. The number of hydrogen-bond donors (Lipinski definition) is 2. The number of H-pyrrole nitrogens is 1. The quantitative estimate of drug-likeness (QED) is 0.708. The van der Waals surface area contributed by atoms with E-state index in [9.17, 15) is 0 Å². The molecular weight excluding hydrogens is 178 g/mol. The van der Waals surface area contributed by atoms with E-state index >= 15 is 0 Å². The molecule has 0 spiro atoms. The van der Waals surface area contributed by atoms with E-state index in [0.29, 0.717) is 0 Å². The fourth-order valence-electron chi connectivity index (χ4n) is 1.15. The number of methoxy groups -OCH3 is 1. The Bertz CT molecular complexity index is 304. The number of allylic oxidation sites excluding steroid dienone is 1. The van der Waals surface area contributed by atoms with Crippen LogP contribution in [-0.2, 0) is 4.74 Å². The van der Waals surface area contributed by atoms with Crippen molar-refractivity contribution in [3.05, 3.63) is 17.8 Å². The summed E-state index contributed by atoms with van der Waals surface area (Å²) in [5, 5.41) is 9.92. The molecule has 78 valence electrons. The van der Waals surface area contributed by atoms with Gasteiger partial charge in [0.1, 0.15) is 17.3 Å². The Kier molecular flexibility index (Phi) is 4.04. The average Bonchev–Trinajstić information content (AvgIpc) is 2.68. The van der Waals surface area contributed by atoms with Gasteiger partial charge >= 0.3 is 0 Å². The van der Waals surface area contributed by atoms with Crippen molar-refractivity contribution < 1.29 is 4.74 Å². The number of nitrogens with one attached hydrogen (secondary N) is 2. The zero-order valence-corrected chi connectivity index (χ0v) is 8.92. The number of unbranched alkanes of at least 4 members (excludes halogenated alkanes) is 1. The highest BCUT2D eigenvalue weighted by atomic mass is 16.5. The van der Waals surface area contributed by atoms with E-state index in [-0.39, 0.29) is 0 Å². The van der Waals surface area contributed by atoms with E-state index in [1.807, 2.05) is 13.1 Å². The summed E-state index contributed by atoms with van der Waals surface area (Å²) in [5.74, 6) is 1.67. The lowest BCUT2D eigenvalue weighted by atomic mass is 10.2. The van der Waals surface area contributed by atoms with Crippen LogP contribution in [-0.4, -0.2) is 24.4 Å². The van der Waals surface area contributed by atoms with E-state index in [1.54, 1.807) is 7.11 Å². The van der Waals surface area contributed by atoms with Crippen molar-refractivity contribution in [2.75, 3.05) is 19.5 Å². The number of anilines is 1. The van der Waals surface area contributed by atoms with Crippen molar-refractivity contribution >= 4 is 11.6 Å². The molecule has 0 aromatic carbocycles. The van der Waals surface area contributed by atoms with Crippen LogP contribution in [0, 0.1) is 0 Å². The Hall–Kier alpha value is -1.45. The lowest BCUT2D eigenvalue weighted by Gasteiger charge is -2.01. The van der Waals surface area contributed by atoms with Crippen molar-refractivity contribution in [1.82, 2.24) is 10.2 Å². The van der Waals surface area contributed by atoms with E-state index in [2.05, 4.69) is 28.5 Å². The summed E-state index contributed by atoms with van der Waals surface area (Å²) in [6.07, 6.45) is 4.18. The van der Waals surface area contributed by atoms with E-state index in [0.717, 1.165) is 30.1 Å². The number of hydrogen-bond acceptors (Lipinski definition) is 3. The van der Waals surface area contributed by atoms with Crippen LogP contribution in [0.2, 0.25) is 0 Å². The monoisotopic (exact) mass is 195 g/mol. The molecule has 1 heterocycles. The number of nitrogens with zero attached hydrogens (tertiary/aromatic N) is 1. The first kappa shape index (κ1) is 10.6. The molecule has 0 saturated carbocycles. The van der Waals surface area contributed by atoms with Crippen LogP contribution in [0.25, 0.3) is 5.76 Å². The summed E-state index contributed by atoms with van der Waals surface area (Å²) in [7, 11) is 3.50.